The molecule has 0 aliphatic heterocycles. The van der Waals surface area contributed by atoms with E-state index >= 15 is 0 Å². The average molecular weight is 853 g/mol. The molecular formula is C45H40N8O6S2. The maximum atomic E-state index is 12.5. The van der Waals surface area contributed by atoms with Gasteiger partial charge in [0.25, 0.3) is 6.26 Å². The molecule has 308 valence electrons. The number of carbonyl (C=O) groups excluding carboxylic acids is 3. The van der Waals surface area contributed by atoms with Gasteiger partial charge in [0.2, 0.25) is 6.08 Å². The molecule has 0 saturated carbocycles. The predicted molar refractivity (Wildman–Crippen MR) is 241 cm³/mol. The number of aliphatic imine (C=N–C) groups is 1. The first-order valence-corrected chi connectivity index (χ1v) is 20.3. The molecule has 5 aromatic carbocycles. The Labute approximate surface area is 362 Å². The second-order valence-corrected chi connectivity index (χ2v) is 14.9. The van der Waals surface area contributed by atoms with Crippen LogP contribution in [0.5, 0.6) is 5.75 Å². The molecule has 0 atom stereocenters. The van der Waals surface area contributed by atoms with Gasteiger partial charge in [-0.3, -0.25) is 10.6 Å². The van der Waals surface area contributed by atoms with Crippen LogP contribution in [-0.4, -0.2) is 54.8 Å². The Balaban J connectivity index is 0.742. The van der Waals surface area contributed by atoms with Crippen molar-refractivity contribution >= 4 is 81.4 Å². The summed E-state index contributed by atoms with van der Waals surface area (Å²) < 4.78 is 15.7. The van der Waals surface area contributed by atoms with Crippen LogP contribution < -0.4 is 36.6 Å². The zero-order valence-electron chi connectivity index (χ0n) is 32.8. The fourth-order valence-electron chi connectivity index (χ4n) is 7.11. The molecule has 0 heterocycles. The molecule has 16 heteroatoms. The van der Waals surface area contributed by atoms with Gasteiger partial charge in [0.15, 0.2) is 10.2 Å². The first kappa shape index (κ1) is 41.8. The van der Waals surface area contributed by atoms with Crippen LogP contribution >= 0.6 is 24.4 Å². The monoisotopic (exact) mass is 852 g/mol. The summed E-state index contributed by atoms with van der Waals surface area (Å²) in [7, 11) is 0. The van der Waals surface area contributed by atoms with Crippen LogP contribution in [0.3, 0.4) is 0 Å². The number of nitrogens with one attached hydrogen (secondary N) is 6. The quantitative estimate of drug-likeness (QED) is 0.0201. The number of rotatable bonds is 14. The van der Waals surface area contributed by atoms with Gasteiger partial charge in [0, 0.05) is 35.8 Å². The van der Waals surface area contributed by atoms with Gasteiger partial charge in [0.05, 0.1) is 18.9 Å². The van der Waals surface area contributed by atoms with E-state index in [1.165, 1.54) is 11.1 Å². The van der Waals surface area contributed by atoms with Crippen molar-refractivity contribution in [2.75, 3.05) is 47.6 Å². The Hall–Kier alpha value is -7.31. The molecule has 7 rings (SSSR count). The summed E-state index contributed by atoms with van der Waals surface area (Å²) >= 11 is 10.9. The van der Waals surface area contributed by atoms with Crippen LogP contribution in [0.15, 0.2) is 102 Å². The van der Waals surface area contributed by atoms with Crippen LogP contribution in [0, 0.1) is 11.5 Å². The molecule has 0 aromatic heterocycles. The minimum absolute atomic E-state index is 0.192. The molecule has 61 heavy (non-hydrogen) atoms. The van der Waals surface area contributed by atoms with Crippen molar-refractivity contribution in [2.24, 2.45) is 4.99 Å². The average Bonchev–Trinajstić information content (AvgIpc) is 3.60. The van der Waals surface area contributed by atoms with E-state index in [9.17, 15) is 14.4 Å². The Morgan fingerprint density at radius 3 is 1.77 bits per heavy atom. The fraction of sp³-hybridized carbons (Fsp3) is 0.200. The molecule has 0 spiro atoms. The summed E-state index contributed by atoms with van der Waals surface area (Å²) in [6.45, 7) is 1.35. The Morgan fingerprint density at radius 1 is 0.607 bits per heavy atom. The van der Waals surface area contributed by atoms with E-state index in [0.717, 1.165) is 51.2 Å². The van der Waals surface area contributed by atoms with Crippen molar-refractivity contribution in [2.45, 2.75) is 32.1 Å². The lowest BCUT2D eigenvalue weighted by Gasteiger charge is -2.20. The van der Waals surface area contributed by atoms with Crippen LogP contribution in [0.4, 0.5) is 38.0 Å². The van der Waals surface area contributed by atoms with Crippen LogP contribution in [0.25, 0.3) is 11.1 Å². The normalized spacial score (nSPS) is 11.4. The highest BCUT2D eigenvalue weighted by Crippen LogP contribution is 2.39. The number of nitriles is 1. The largest absolute Gasteiger partial charge is 0.449 e. The molecule has 0 radical (unpaired) electrons. The molecule has 0 bridgehead atoms. The van der Waals surface area contributed by atoms with Crippen molar-refractivity contribution < 1.29 is 28.6 Å². The van der Waals surface area contributed by atoms with Gasteiger partial charge in [-0.25, -0.2) is 14.4 Å². The van der Waals surface area contributed by atoms with Gasteiger partial charge < -0.3 is 35.5 Å². The van der Waals surface area contributed by atoms with Crippen molar-refractivity contribution in [3.63, 3.8) is 0 Å². The Bertz CT molecular complexity index is 2590. The van der Waals surface area contributed by atoms with E-state index in [1.54, 1.807) is 18.4 Å². The zero-order chi connectivity index (χ0) is 42.6. The third-order valence-electron chi connectivity index (χ3n) is 9.90. The van der Waals surface area contributed by atoms with E-state index in [-0.39, 0.29) is 13.2 Å². The van der Waals surface area contributed by atoms with Gasteiger partial charge in [-0.15, -0.1) is 5.26 Å². The molecule has 2 aliphatic rings. The molecule has 0 unspecified atom stereocenters. The van der Waals surface area contributed by atoms with Gasteiger partial charge in [-0.1, -0.05) is 30.3 Å². The zero-order valence-corrected chi connectivity index (χ0v) is 34.4. The minimum atomic E-state index is -0.548. The number of amides is 2. The number of carbonyl (C=O) groups is 2. The first-order chi connectivity index (χ1) is 29.7. The lowest BCUT2D eigenvalue weighted by atomic mass is 9.85. The van der Waals surface area contributed by atoms with Crippen molar-refractivity contribution in [3.8, 4) is 23.1 Å². The fourth-order valence-corrected chi connectivity index (χ4v) is 7.55. The second-order valence-electron chi connectivity index (χ2n) is 14.1. The smallest absolute Gasteiger partial charge is 0.411 e. The first-order valence-electron chi connectivity index (χ1n) is 19.4. The summed E-state index contributed by atoms with van der Waals surface area (Å²) in [5.74, 6) is 0.501. The topological polar surface area (TPSA) is 187 Å². The van der Waals surface area contributed by atoms with Crippen molar-refractivity contribution in [3.05, 3.63) is 130 Å². The van der Waals surface area contributed by atoms with E-state index in [2.05, 4.69) is 36.9 Å². The van der Waals surface area contributed by atoms with E-state index in [1.807, 2.05) is 91.0 Å². The van der Waals surface area contributed by atoms with Crippen LogP contribution in [0.1, 0.15) is 46.2 Å². The van der Waals surface area contributed by atoms with Crippen molar-refractivity contribution in [1.29, 1.82) is 5.26 Å². The number of benzene rings is 5. The minimum Gasteiger partial charge on any atom is -0.449 e. The summed E-state index contributed by atoms with van der Waals surface area (Å²) in [5, 5.41) is 27.7. The maximum Gasteiger partial charge on any atom is 0.411 e. The summed E-state index contributed by atoms with van der Waals surface area (Å²) in [5.41, 5.74) is 12.2. The predicted octanol–water partition coefficient (Wildman–Crippen LogP) is 8.43. The second kappa shape index (κ2) is 20.1. The Morgan fingerprint density at radius 2 is 1.13 bits per heavy atom. The van der Waals surface area contributed by atoms with Gasteiger partial charge in [0.1, 0.15) is 5.75 Å². The van der Waals surface area contributed by atoms with Gasteiger partial charge in [-0.2, -0.15) is 4.99 Å². The molecule has 0 fully saturated rings. The number of fused-ring (bicyclic) bond motifs is 5. The SMILES string of the molecule is N#COc1ccc2c(c1)Cc1cc(NC(=O)OCCCNC(=S)Nc3cccc(NC(=S)NCCCOC(=O)Nc4ccc5c(c4)Cc4cc(N=C=O)ccc4C5)c3)ccc1-2. The van der Waals surface area contributed by atoms with Gasteiger partial charge >= 0.3 is 12.2 Å². The van der Waals surface area contributed by atoms with E-state index in [0.29, 0.717) is 71.8 Å². The molecule has 5 aromatic rings. The number of nitrogens with zero attached hydrogens (tertiary/aromatic N) is 2. The number of hydrogen-bond acceptors (Lipinski definition) is 10. The standard InChI is InChI=1S/C45H40N8O6S2/c46-26-59-39-11-13-41-33(24-39)20-32-23-38(10-12-40(32)41)53-45(56)58-17-3-15-48-43(61)51-36-5-1-4-35(25-36)50-42(60)47-14-2-16-57-44(55)52-37-9-7-29-18-28-6-8-34(49-27-54)21-30(28)19-31(29)22-37/h1,4-13,21-25H,2-3,14-20H2,(H,52,55)(H,53,56)(H2,47,50,60)(H2,48,51,61). The molecule has 2 aliphatic carbocycles. The number of thiocarbonyl (C=S) groups is 2. The number of hydrogen-bond donors (Lipinski definition) is 6. The van der Waals surface area contributed by atoms with Crippen molar-refractivity contribution in [1.82, 2.24) is 10.6 Å². The summed E-state index contributed by atoms with van der Waals surface area (Å²) in [6, 6.07) is 30.2. The molecular weight excluding hydrogens is 813 g/mol. The molecule has 0 saturated heterocycles. The van der Waals surface area contributed by atoms with E-state index in [4.69, 9.17) is 43.9 Å². The summed E-state index contributed by atoms with van der Waals surface area (Å²) in [4.78, 5) is 39.3. The number of ether oxygens (including phenoxy) is 3. The highest BCUT2D eigenvalue weighted by molar-refractivity contribution is 7.80. The van der Waals surface area contributed by atoms with Gasteiger partial charge in [-0.05, 0) is 168 Å². The lowest BCUT2D eigenvalue weighted by molar-refractivity contribution is 0.159. The summed E-state index contributed by atoms with van der Waals surface area (Å²) in [6.07, 6.45) is 5.37. The Kier molecular flexibility index (Phi) is 13.8. The van der Waals surface area contributed by atoms with Crippen LogP contribution in [-0.2, 0) is 33.5 Å². The number of anilines is 4. The molecule has 14 nitrogen and oxygen atoms in total. The van der Waals surface area contributed by atoms with E-state index < -0.39 is 12.2 Å². The highest BCUT2D eigenvalue weighted by atomic mass is 32.1. The number of isocyanates is 1. The highest BCUT2D eigenvalue weighted by Gasteiger charge is 2.20. The lowest BCUT2D eigenvalue weighted by Crippen LogP contribution is -2.31. The molecule has 6 N–H and O–H groups in total. The third-order valence-corrected chi connectivity index (χ3v) is 10.4. The maximum absolute atomic E-state index is 12.5. The third kappa shape index (κ3) is 11.5. The molecule has 2 amide bonds. The van der Waals surface area contributed by atoms with Crippen LogP contribution in [0.2, 0.25) is 0 Å².